The average Bonchev–Trinajstić information content (AvgIpc) is 2.95. The number of ether oxygens (including phenoxy) is 1. The van der Waals surface area contributed by atoms with Gasteiger partial charge in [0.15, 0.2) is 0 Å². The minimum absolute atomic E-state index is 0.102. The molecule has 1 aromatic carbocycles. The number of benzene rings is 1. The summed E-state index contributed by atoms with van der Waals surface area (Å²) in [5.41, 5.74) is 3.75. The molecule has 0 radical (unpaired) electrons. The van der Waals surface area contributed by atoms with Gasteiger partial charge in [-0.05, 0) is 36.6 Å². The molecule has 124 valence electrons. The number of aromatic nitrogens is 1. The third-order valence-electron chi connectivity index (χ3n) is 4.10. The third-order valence-corrected chi connectivity index (χ3v) is 4.10. The Labute approximate surface area is 138 Å². The van der Waals surface area contributed by atoms with Crippen LogP contribution >= 0.6 is 0 Å². The summed E-state index contributed by atoms with van der Waals surface area (Å²) in [5, 5.41) is 0. The Morgan fingerprint density at radius 2 is 2.00 bits per heavy atom. The van der Waals surface area contributed by atoms with E-state index >= 15 is 0 Å². The number of hydrogen-bond acceptors (Lipinski definition) is 2. The van der Waals surface area contributed by atoms with Crippen molar-refractivity contribution in [2.75, 3.05) is 20.3 Å². The second kappa shape index (κ2) is 8.53. The Kier molecular flexibility index (Phi) is 6.41. The van der Waals surface area contributed by atoms with Gasteiger partial charge in [-0.15, -0.1) is 0 Å². The van der Waals surface area contributed by atoms with Gasteiger partial charge >= 0.3 is 0 Å². The van der Waals surface area contributed by atoms with Crippen LogP contribution in [0.5, 0.6) is 0 Å². The first-order chi connectivity index (χ1) is 11.1. The number of carbonyl (C=O) groups is 1. The fourth-order valence-electron chi connectivity index (χ4n) is 2.66. The molecule has 4 nitrogen and oxygen atoms in total. The first-order valence-corrected chi connectivity index (χ1v) is 8.04. The summed E-state index contributed by atoms with van der Waals surface area (Å²) >= 11 is 0. The Morgan fingerprint density at radius 3 is 2.70 bits per heavy atom. The summed E-state index contributed by atoms with van der Waals surface area (Å²) in [6, 6.07) is 12.5. The lowest BCUT2D eigenvalue weighted by molar-refractivity contribution is -0.129. The Morgan fingerprint density at radius 1 is 1.22 bits per heavy atom. The second-order valence-electron chi connectivity index (χ2n) is 5.84. The molecule has 1 heterocycles. The minimum atomic E-state index is 0.102. The van der Waals surface area contributed by atoms with Crippen LogP contribution in [0.15, 0.2) is 42.6 Å². The number of hydrogen-bond donors (Lipinski definition) is 0. The first-order valence-electron chi connectivity index (χ1n) is 8.04. The van der Waals surface area contributed by atoms with Crippen LogP contribution in [0.2, 0.25) is 0 Å². The van der Waals surface area contributed by atoms with E-state index in [-0.39, 0.29) is 5.91 Å². The number of nitrogens with zero attached hydrogens (tertiary/aromatic N) is 2. The SMILES string of the molecule is COCCCN(Cc1cccn1Cc1ccccc1C)C(C)=O. The van der Waals surface area contributed by atoms with Crippen molar-refractivity contribution in [1.82, 2.24) is 9.47 Å². The van der Waals surface area contributed by atoms with Crippen LogP contribution in [0.25, 0.3) is 0 Å². The van der Waals surface area contributed by atoms with Crippen LogP contribution < -0.4 is 0 Å². The third kappa shape index (κ3) is 4.96. The van der Waals surface area contributed by atoms with Crippen LogP contribution in [0.3, 0.4) is 0 Å². The van der Waals surface area contributed by atoms with E-state index in [1.165, 1.54) is 11.1 Å². The average molecular weight is 314 g/mol. The van der Waals surface area contributed by atoms with Crippen molar-refractivity contribution in [1.29, 1.82) is 0 Å². The minimum Gasteiger partial charge on any atom is -0.385 e. The molecule has 23 heavy (non-hydrogen) atoms. The Bertz CT molecular complexity index is 634. The molecular formula is C19H26N2O2. The van der Waals surface area contributed by atoms with Gasteiger partial charge in [0.05, 0.1) is 6.54 Å². The zero-order chi connectivity index (χ0) is 16.7. The van der Waals surface area contributed by atoms with Gasteiger partial charge in [0.25, 0.3) is 0 Å². The summed E-state index contributed by atoms with van der Waals surface area (Å²) < 4.78 is 7.30. The summed E-state index contributed by atoms with van der Waals surface area (Å²) in [4.78, 5) is 13.7. The van der Waals surface area contributed by atoms with Crippen molar-refractivity contribution in [3.63, 3.8) is 0 Å². The molecule has 0 spiro atoms. The van der Waals surface area contributed by atoms with Gasteiger partial charge in [0.2, 0.25) is 5.91 Å². The summed E-state index contributed by atoms with van der Waals surface area (Å²) in [6.07, 6.45) is 2.93. The van der Waals surface area contributed by atoms with Gasteiger partial charge in [-0.2, -0.15) is 0 Å². The van der Waals surface area contributed by atoms with Crippen LogP contribution in [0.1, 0.15) is 30.2 Å². The molecule has 2 rings (SSSR count). The standard InChI is InChI=1S/C19H26N2O2/c1-16-8-4-5-9-18(16)14-21-11-6-10-19(21)15-20(17(2)22)12-7-13-23-3/h4-6,8-11H,7,12-15H2,1-3H3. The smallest absolute Gasteiger partial charge is 0.219 e. The van der Waals surface area contributed by atoms with Gasteiger partial charge < -0.3 is 14.2 Å². The molecule has 0 N–H and O–H groups in total. The summed E-state index contributed by atoms with van der Waals surface area (Å²) in [5.74, 6) is 0.102. The summed E-state index contributed by atoms with van der Waals surface area (Å²) in [7, 11) is 1.69. The van der Waals surface area contributed by atoms with E-state index in [0.717, 1.165) is 25.2 Å². The van der Waals surface area contributed by atoms with E-state index in [1.54, 1.807) is 14.0 Å². The molecule has 0 atom stereocenters. The maximum Gasteiger partial charge on any atom is 0.219 e. The van der Waals surface area contributed by atoms with Crippen LogP contribution in [0.4, 0.5) is 0 Å². The van der Waals surface area contributed by atoms with E-state index in [0.29, 0.717) is 13.2 Å². The predicted molar refractivity (Wildman–Crippen MR) is 92.3 cm³/mol. The van der Waals surface area contributed by atoms with Crippen LogP contribution in [-0.2, 0) is 22.6 Å². The molecule has 4 heteroatoms. The first kappa shape index (κ1) is 17.3. The number of carbonyl (C=O) groups excluding carboxylic acids is 1. The lowest BCUT2D eigenvalue weighted by atomic mass is 10.1. The van der Waals surface area contributed by atoms with Gasteiger partial charge in [-0.3, -0.25) is 4.79 Å². The number of methoxy groups -OCH3 is 1. The highest BCUT2D eigenvalue weighted by Crippen LogP contribution is 2.14. The fraction of sp³-hybridized carbons (Fsp3) is 0.421. The van der Waals surface area contributed by atoms with Crippen molar-refractivity contribution in [3.8, 4) is 0 Å². The van der Waals surface area contributed by atoms with E-state index in [4.69, 9.17) is 4.74 Å². The van der Waals surface area contributed by atoms with Crippen LogP contribution in [0, 0.1) is 6.92 Å². The number of amides is 1. The maximum absolute atomic E-state index is 11.9. The predicted octanol–water partition coefficient (Wildman–Crippen LogP) is 3.23. The molecule has 0 aliphatic carbocycles. The van der Waals surface area contributed by atoms with Gasteiger partial charge in [0.1, 0.15) is 0 Å². The highest BCUT2D eigenvalue weighted by molar-refractivity contribution is 5.73. The molecule has 2 aromatic rings. The van der Waals surface area contributed by atoms with Crippen molar-refractivity contribution >= 4 is 5.91 Å². The van der Waals surface area contributed by atoms with E-state index in [1.807, 2.05) is 11.0 Å². The van der Waals surface area contributed by atoms with Gasteiger partial charge in [-0.1, -0.05) is 24.3 Å². The van der Waals surface area contributed by atoms with Gasteiger partial charge in [-0.25, -0.2) is 0 Å². The topological polar surface area (TPSA) is 34.5 Å². The molecule has 0 aliphatic rings. The van der Waals surface area contributed by atoms with Crippen molar-refractivity contribution in [2.45, 2.75) is 33.4 Å². The van der Waals surface area contributed by atoms with E-state index in [2.05, 4.69) is 48.0 Å². The van der Waals surface area contributed by atoms with Crippen molar-refractivity contribution in [2.24, 2.45) is 0 Å². The molecule has 1 aromatic heterocycles. The number of rotatable bonds is 8. The lowest BCUT2D eigenvalue weighted by Crippen LogP contribution is -2.30. The number of aryl methyl sites for hydroxylation is 1. The Hall–Kier alpha value is -2.07. The molecule has 1 amide bonds. The van der Waals surface area contributed by atoms with Crippen molar-refractivity contribution < 1.29 is 9.53 Å². The molecule has 0 unspecified atom stereocenters. The normalized spacial score (nSPS) is 10.7. The van der Waals surface area contributed by atoms with Crippen molar-refractivity contribution in [3.05, 3.63) is 59.4 Å². The zero-order valence-electron chi connectivity index (χ0n) is 14.3. The zero-order valence-corrected chi connectivity index (χ0v) is 14.3. The molecule has 0 saturated heterocycles. The van der Waals surface area contributed by atoms with E-state index < -0.39 is 0 Å². The summed E-state index contributed by atoms with van der Waals surface area (Å²) in [6.45, 7) is 6.62. The molecule has 0 aliphatic heterocycles. The second-order valence-corrected chi connectivity index (χ2v) is 5.84. The largest absolute Gasteiger partial charge is 0.385 e. The monoisotopic (exact) mass is 314 g/mol. The highest BCUT2D eigenvalue weighted by Gasteiger charge is 2.12. The van der Waals surface area contributed by atoms with Gasteiger partial charge in [0, 0.05) is 45.6 Å². The molecule has 0 bridgehead atoms. The Balaban J connectivity index is 2.07. The molecular weight excluding hydrogens is 288 g/mol. The molecule has 0 saturated carbocycles. The quantitative estimate of drug-likeness (QED) is 0.701. The lowest BCUT2D eigenvalue weighted by Gasteiger charge is -2.22. The highest BCUT2D eigenvalue weighted by atomic mass is 16.5. The van der Waals surface area contributed by atoms with E-state index in [9.17, 15) is 4.79 Å². The maximum atomic E-state index is 11.9. The fourth-order valence-corrected chi connectivity index (χ4v) is 2.66. The molecule has 0 fully saturated rings. The van der Waals surface area contributed by atoms with Crippen LogP contribution in [-0.4, -0.2) is 35.6 Å².